The van der Waals surface area contributed by atoms with Crippen LogP contribution in [0.3, 0.4) is 0 Å². The van der Waals surface area contributed by atoms with Crippen LogP contribution < -0.4 is 0 Å². The van der Waals surface area contributed by atoms with Crippen LogP contribution in [-0.2, 0) is 0 Å². The van der Waals surface area contributed by atoms with Crippen molar-refractivity contribution in [3.8, 4) is 6.07 Å². The summed E-state index contributed by atoms with van der Waals surface area (Å²) in [6.07, 6.45) is 7.46. The number of hydrogen-bond acceptors (Lipinski definition) is 1. The van der Waals surface area contributed by atoms with Gasteiger partial charge >= 0.3 is 0 Å². The Kier molecular flexibility index (Phi) is 2.84. The predicted molar refractivity (Wildman–Crippen MR) is 56.7 cm³/mol. The minimum absolute atomic E-state index is 0.691. The lowest BCUT2D eigenvalue weighted by molar-refractivity contribution is 0.517. The lowest BCUT2D eigenvalue weighted by Crippen LogP contribution is -2.04. The van der Waals surface area contributed by atoms with E-state index in [1.807, 2.05) is 12.1 Å². The standard InChI is InChI=1S/C13H14N/c14-10-11-6-8-13(9-7-11)12-4-2-1-3-5-12/h2,6-9,12H,1,3-5H2. The molecular weight excluding hydrogens is 170 g/mol. The molecule has 1 aromatic carbocycles. The quantitative estimate of drug-likeness (QED) is 0.656. The summed E-state index contributed by atoms with van der Waals surface area (Å²) >= 11 is 0. The molecule has 1 radical (unpaired) electrons. The van der Waals surface area contributed by atoms with Crippen LogP contribution in [0.1, 0.15) is 42.7 Å². The normalized spacial score (nSPS) is 17.6. The molecule has 1 fully saturated rings. The highest BCUT2D eigenvalue weighted by Gasteiger charge is 2.14. The van der Waals surface area contributed by atoms with Crippen molar-refractivity contribution < 1.29 is 0 Å². The van der Waals surface area contributed by atoms with Gasteiger partial charge in [0.1, 0.15) is 0 Å². The van der Waals surface area contributed by atoms with Crippen LogP contribution in [-0.4, -0.2) is 0 Å². The molecule has 1 aromatic rings. The Morgan fingerprint density at radius 3 is 2.57 bits per heavy atom. The van der Waals surface area contributed by atoms with Gasteiger partial charge in [-0.3, -0.25) is 0 Å². The van der Waals surface area contributed by atoms with Gasteiger partial charge in [0.25, 0.3) is 0 Å². The van der Waals surface area contributed by atoms with E-state index in [-0.39, 0.29) is 0 Å². The second-order valence-corrected chi connectivity index (χ2v) is 3.89. The second kappa shape index (κ2) is 4.28. The minimum atomic E-state index is 0.691. The van der Waals surface area contributed by atoms with E-state index in [0.717, 1.165) is 5.56 Å². The number of nitriles is 1. The summed E-state index contributed by atoms with van der Waals surface area (Å²) in [5, 5.41) is 8.68. The Morgan fingerprint density at radius 1 is 1.21 bits per heavy atom. The average Bonchev–Trinajstić information content (AvgIpc) is 2.30. The van der Waals surface area contributed by atoms with E-state index in [1.54, 1.807) is 0 Å². The van der Waals surface area contributed by atoms with Gasteiger partial charge in [0.2, 0.25) is 0 Å². The molecule has 0 spiro atoms. The van der Waals surface area contributed by atoms with Crippen molar-refractivity contribution in [1.82, 2.24) is 0 Å². The average molecular weight is 184 g/mol. The van der Waals surface area contributed by atoms with Crippen LogP contribution in [0.25, 0.3) is 0 Å². The maximum atomic E-state index is 8.68. The molecule has 0 saturated heterocycles. The second-order valence-electron chi connectivity index (χ2n) is 3.89. The van der Waals surface area contributed by atoms with Crippen LogP contribution in [0.4, 0.5) is 0 Å². The molecule has 0 aromatic heterocycles. The molecule has 2 rings (SSSR count). The third-order valence-corrected chi connectivity index (χ3v) is 2.92. The van der Waals surface area contributed by atoms with E-state index in [9.17, 15) is 0 Å². The fraction of sp³-hybridized carbons (Fsp3) is 0.385. The highest BCUT2D eigenvalue weighted by molar-refractivity contribution is 5.33. The summed E-state index contributed by atoms with van der Waals surface area (Å²) in [4.78, 5) is 0. The smallest absolute Gasteiger partial charge is 0.0991 e. The number of rotatable bonds is 1. The Balaban J connectivity index is 2.12. The lowest BCUT2D eigenvalue weighted by Gasteiger charge is -2.21. The van der Waals surface area contributed by atoms with E-state index in [0.29, 0.717) is 5.92 Å². The zero-order valence-electron chi connectivity index (χ0n) is 8.24. The van der Waals surface area contributed by atoms with Crippen LogP contribution in [0, 0.1) is 17.8 Å². The van der Waals surface area contributed by atoms with Gasteiger partial charge in [-0.15, -0.1) is 0 Å². The van der Waals surface area contributed by atoms with Gasteiger partial charge in [-0.05, 0) is 42.9 Å². The molecule has 0 N–H and O–H groups in total. The zero-order valence-corrected chi connectivity index (χ0v) is 8.24. The van der Waals surface area contributed by atoms with Gasteiger partial charge in [-0.1, -0.05) is 25.0 Å². The van der Waals surface area contributed by atoms with Crippen molar-refractivity contribution in [3.63, 3.8) is 0 Å². The largest absolute Gasteiger partial charge is 0.192 e. The maximum Gasteiger partial charge on any atom is 0.0991 e. The lowest BCUT2D eigenvalue weighted by atomic mass is 9.84. The third-order valence-electron chi connectivity index (χ3n) is 2.92. The fourth-order valence-corrected chi connectivity index (χ4v) is 2.08. The number of benzene rings is 1. The van der Waals surface area contributed by atoms with Gasteiger partial charge in [-0.25, -0.2) is 0 Å². The fourth-order valence-electron chi connectivity index (χ4n) is 2.08. The molecule has 14 heavy (non-hydrogen) atoms. The van der Waals surface area contributed by atoms with Crippen molar-refractivity contribution in [2.75, 3.05) is 0 Å². The molecule has 1 nitrogen and oxygen atoms in total. The Hall–Kier alpha value is -1.29. The summed E-state index contributed by atoms with van der Waals surface area (Å²) in [5.74, 6) is 0.691. The van der Waals surface area contributed by atoms with Crippen molar-refractivity contribution in [2.24, 2.45) is 0 Å². The first kappa shape index (κ1) is 9.27. The van der Waals surface area contributed by atoms with Gasteiger partial charge < -0.3 is 0 Å². The highest BCUT2D eigenvalue weighted by Crippen LogP contribution is 2.31. The first-order valence-corrected chi connectivity index (χ1v) is 5.22. The molecule has 1 aliphatic carbocycles. The molecule has 1 aliphatic rings. The Bertz CT molecular complexity index is 325. The van der Waals surface area contributed by atoms with E-state index in [1.165, 1.54) is 31.2 Å². The molecule has 0 aliphatic heterocycles. The third kappa shape index (κ3) is 1.96. The monoisotopic (exact) mass is 184 g/mol. The SMILES string of the molecule is N#Cc1ccc(C2C[CH]CCC2)cc1. The van der Waals surface area contributed by atoms with Crippen molar-refractivity contribution in [3.05, 3.63) is 41.8 Å². The van der Waals surface area contributed by atoms with Crippen molar-refractivity contribution in [2.45, 2.75) is 31.6 Å². The van der Waals surface area contributed by atoms with Crippen LogP contribution in [0.5, 0.6) is 0 Å². The molecule has 0 heterocycles. The summed E-state index contributed by atoms with van der Waals surface area (Å²) in [6.45, 7) is 0. The van der Waals surface area contributed by atoms with Gasteiger partial charge in [0.05, 0.1) is 11.6 Å². The summed E-state index contributed by atoms with van der Waals surface area (Å²) in [7, 11) is 0. The van der Waals surface area contributed by atoms with Gasteiger partial charge in [0, 0.05) is 0 Å². The maximum absolute atomic E-state index is 8.68. The van der Waals surface area contributed by atoms with Crippen molar-refractivity contribution >= 4 is 0 Å². The minimum Gasteiger partial charge on any atom is -0.192 e. The predicted octanol–water partition coefficient (Wildman–Crippen LogP) is 3.42. The Morgan fingerprint density at radius 2 is 2.00 bits per heavy atom. The summed E-state index contributed by atoms with van der Waals surface area (Å²) in [5.41, 5.74) is 2.15. The van der Waals surface area contributed by atoms with Gasteiger partial charge in [0.15, 0.2) is 0 Å². The van der Waals surface area contributed by atoms with Crippen LogP contribution in [0.2, 0.25) is 0 Å². The molecule has 1 unspecified atom stereocenters. The van der Waals surface area contributed by atoms with Crippen molar-refractivity contribution in [1.29, 1.82) is 5.26 Å². The molecule has 0 bridgehead atoms. The van der Waals surface area contributed by atoms with Gasteiger partial charge in [-0.2, -0.15) is 5.26 Å². The van der Waals surface area contributed by atoms with Crippen LogP contribution >= 0.6 is 0 Å². The first-order chi connectivity index (χ1) is 6.90. The highest BCUT2D eigenvalue weighted by atomic mass is 14.2. The molecule has 1 saturated carbocycles. The number of hydrogen-bond donors (Lipinski definition) is 0. The summed E-state index contributed by atoms with van der Waals surface area (Å²) < 4.78 is 0. The Labute approximate surface area is 85.4 Å². The topological polar surface area (TPSA) is 23.8 Å². The first-order valence-electron chi connectivity index (χ1n) is 5.22. The van der Waals surface area contributed by atoms with E-state index in [4.69, 9.17) is 5.26 Å². The van der Waals surface area contributed by atoms with Crippen LogP contribution in [0.15, 0.2) is 24.3 Å². The molecule has 71 valence electrons. The summed E-state index contributed by atoms with van der Waals surface area (Å²) in [6, 6.07) is 10.2. The molecule has 1 atom stereocenters. The zero-order chi connectivity index (χ0) is 9.80. The van der Waals surface area contributed by atoms with E-state index < -0.39 is 0 Å². The number of nitrogens with zero attached hydrogens (tertiary/aromatic N) is 1. The molecule has 1 heteroatoms. The molecule has 0 amide bonds. The van der Waals surface area contributed by atoms with E-state index >= 15 is 0 Å². The van der Waals surface area contributed by atoms with E-state index in [2.05, 4.69) is 24.6 Å². The molecular formula is C13H14N.